The second-order valence-corrected chi connectivity index (χ2v) is 5.60. The maximum absolute atomic E-state index is 12.2. The molecule has 1 saturated heterocycles. The van der Waals surface area contributed by atoms with Gasteiger partial charge in [0.15, 0.2) is 5.78 Å². The molecule has 1 heterocycles. The highest BCUT2D eigenvalue weighted by molar-refractivity contribution is 5.97. The topological polar surface area (TPSA) is 40.5 Å². The van der Waals surface area contributed by atoms with Gasteiger partial charge in [-0.1, -0.05) is 30.3 Å². The fourth-order valence-electron chi connectivity index (χ4n) is 2.92. The van der Waals surface area contributed by atoms with Gasteiger partial charge in [-0.2, -0.15) is 0 Å². The van der Waals surface area contributed by atoms with Crippen molar-refractivity contribution in [2.24, 2.45) is 0 Å². The van der Waals surface area contributed by atoms with E-state index >= 15 is 0 Å². The van der Waals surface area contributed by atoms with Crippen LogP contribution in [0.25, 0.3) is 0 Å². The second kappa shape index (κ2) is 6.10. The summed E-state index contributed by atoms with van der Waals surface area (Å²) in [6, 6.07) is 17.0. The quantitative estimate of drug-likeness (QED) is 0.876. The molecular weight excluding hydrogens is 262 g/mol. The molecule has 0 aliphatic carbocycles. The third-order valence-corrected chi connectivity index (χ3v) is 4.10. The molecule has 1 aliphatic heterocycles. The van der Waals surface area contributed by atoms with E-state index in [0.717, 1.165) is 19.5 Å². The molecule has 1 atom stereocenters. The van der Waals surface area contributed by atoms with Crippen molar-refractivity contribution < 1.29 is 9.90 Å². The summed E-state index contributed by atoms with van der Waals surface area (Å²) in [6.07, 6.45) is 1.10. The molecule has 2 aromatic rings. The summed E-state index contributed by atoms with van der Waals surface area (Å²) < 4.78 is 0. The van der Waals surface area contributed by atoms with Crippen LogP contribution in [0.4, 0.5) is 0 Å². The third-order valence-electron chi connectivity index (χ3n) is 4.10. The number of rotatable bonds is 4. The molecule has 3 nitrogen and oxygen atoms in total. The Morgan fingerprint density at radius 1 is 1.10 bits per heavy atom. The number of benzene rings is 2. The lowest BCUT2D eigenvalue weighted by Crippen LogP contribution is -2.27. The Kier molecular flexibility index (Phi) is 4.02. The molecule has 3 rings (SSSR count). The number of Topliss-reactive ketones (excluding diaryl/α,β-unsaturated/α-hetero) is 1. The molecule has 0 aromatic heterocycles. The second-order valence-electron chi connectivity index (χ2n) is 5.60. The van der Waals surface area contributed by atoms with Crippen molar-refractivity contribution in [3.63, 3.8) is 0 Å². The van der Waals surface area contributed by atoms with Crippen LogP contribution in [0, 0.1) is 0 Å². The van der Waals surface area contributed by atoms with E-state index in [4.69, 9.17) is 0 Å². The molecule has 1 N–H and O–H groups in total. The van der Waals surface area contributed by atoms with E-state index in [0.29, 0.717) is 18.0 Å². The van der Waals surface area contributed by atoms with Gasteiger partial charge in [0.05, 0.1) is 6.54 Å². The van der Waals surface area contributed by atoms with E-state index in [1.54, 1.807) is 24.3 Å². The van der Waals surface area contributed by atoms with Crippen molar-refractivity contribution in [3.05, 3.63) is 65.7 Å². The van der Waals surface area contributed by atoms with E-state index in [1.165, 1.54) is 5.56 Å². The van der Waals surface area contributed by atoms with Gasteiger partial charge in [0.1, 0.15) is 5.75 Å². The van der Waals surface area contributed by atoms with E-state index in [1.807, 2.05) is 6.07 Å². The van der Waals surface area contributed by atoms with Gasteiger partial charge >= 0.3 is 0 Å². The largest absolute Gasteiger partial charge is 0.508 e. The molecule has 1 unspecified atom stereocenters. The molecule has 108 valence electrons. The first kappa shape index (κ1) is 13.8. The molecule has 1 aliphatic rings. The SMILES string of the molecule is O=C(CN1CCC(c2ccccc2)C1)c1ccc(O)cc1. The maximum Gasteiger partial charge on any atom is 0.176 e. The Labute approximate surface area is 124 Å². The average molecular weight is 281 g/mol. The van der Waals surface area contributed by atoms with Gasteiger partial charge < -0.3 is 5.11 Å². The number of hydrogen-bond donors (Lipinski definition) is 1. The lowest BCUT2D eigenvalue weighted by molar-refractivity contribution is 0.0944. The number of phenols is 1. The first-order chi connectivity index (χ1) is 10.2. The zero-order valence-electron chi connectivity index (χ0n) is 11.9. The van der Waals surface area contributed by atoms with E-state index in [2.05, 4.69) is 29.2 Å². The minimum atomic E-state index is 0.115. The Bertz CT molecular complexity index is 607. The highest BCUT2D eigenvalue weighted by atomic mass is 16.3. The zero-order chi connectivity index (χ0) is 14.7. The summed E-state index contributed by atoms with van der Waals surface area (Å²) in [5.41, 5.74) is 2.02. The van der Waals surface area contributed by atoms with Gasteiger partial charge in [0, 0.05) is 12.1 Å². The van der Waals surface area contributed by atoms with Crippen molar-refractivity contribution >= 4 is 5.78 Å². The number of ketones is 1. The Morgan fingerprint density at radius 2 is 1.81 bits per heavy atom. The first-order valence-corrected chi connectivity index (χ1v) is 7.32. The number of carbonyl (C=O) groups is 1. The lowest BCUT2D eigenvalue weighted by Gasteiger charge is -2.15. The zero-order valence-corrected chi connectivity index (χ0v) is 11.9. The van der Waals surface area contributed by atoms with Crippen LogP contribution in [-0.4, -0.2) is 35.4 Å². The smallest absolute Gasteiger partial charge is 0.176 e. The molecule has 1 fully saturated rings. The van der Waals surface area contributed by atoms with Gasteiger partial charge in [-0.25, -0.2) is 0 Å². The van der Waals surface area contributed by atoms with E-state index in [9.17, 15) is 9.90 Å². The van der Waals surface area contributed by atoms with Crippen LogP contribution in [-0.2, 0) is 0 Å². The van der Waals surface area contributed by atoms with Crippen molar-refractivity contribution in [3.8, 4) is 5.75 Å². The van der Waals surface area contributed by atoms with Gasteiger partial charge in [-0.3, -0.25) is 9.69 Å². The number of nitrogens with zero attached hydrogens (tertiary/aromatic N) is 1. The van der Waals surface area contributed by atoms with Crippen LogP contribution in [0.2, 0.25) is 0 Å². The summed E-state index contributed by atoms with van der Waals surface area (Å²) in [5.74, 6) is 0.833. The Hall–Kier alpha value is -2.13. The summed E-state index contributed by atoms with van der Waals surface area (Å²) >= 11 is 0. The molecule has 0 amide bonds. The highest BCUT2D eigenvalue weighted by Crippen LogP contribution is 2.26. The van der Waals surface area contributed by atoms with E-state index < -0.39 is 0 Å². The van der Waals surface area contributed by atoms with Crippen LogP contribution < -0.4 is 0 Å². The summed E-state index contributed by atoms with van der Waals surface area (Å²) in [4.78, 5) is 14.4. The molecular formula is C18H19NO2. The number of carbonyl (C=O) groups excluding carboxylic acids is 1. The molecule has 0 spiro atoms. The first-order valence-electron chi connectivity index (χ1n) is 7.32. The van der Waals surface area contributed by atoms with Crippen LogP contribution in [0.5, 0.6) is 5.75 Å². The maximum atomic E-state index is 12.2. The van der Waals surface area contributed by atoms with Gasteiger partial charge in [-0.05, 0) is 48.7 Å². The summed E-state index contributed by atoms with van der Waals surface area (Å²) in [5, 5.41) is 9.26. The minimum Gasteiger partial charge on any atom is -0.508 e. The minimum absolute atomic E-state index is 0.115. The summed E-state index contributed by atoms with van der Waals surface area (Å²) in [6.45, 7) is 2.35. The molecule has 0 bridgehead atoms. The predicted octanol–water partition coefficient (Wildman–Crippen LogP) is 3.06. The Morgan fingerprint density at radius 3 is 2.52 bits per heavy atom. The Balaban J connectivity index is 1.60. The van der Waals surface area contributed by atoms with Gasteiger partial charge in [0.25, 0.3) is 0 Å². The van der Waals surface area contributed by atoms with Crippen molar-refractivity contribution in [2.75, 3.05) is 19.6 Å². The fourth-order valence-corrected chi connectivity index (χ4v) is 2.92. The number of hydrogen-bond acceptors (Lipinski definition) is 3. The fraction of sp³-hybridized carbons (Fsp3) is 0.278. The normalized spacial score (nSPS) is 18.8. The lowest BCUT2D eigenvalue weighted by atomic mass is 9.99. The van der Waals surface area contributed by atoms with Gasteiger partial charge in [0.2, 0.25) is 0 Å². The van der Waals surface area contributed by atoms with Crippen LogP contribution in [0.15, 0.2) is 54.6 Å². The third kappa shape index (κ3) is 3.31. The van der Waals surface area contributed by atoms with Crippen LogP contribution >= 0.6 is 0 Å². The van der Waals surface area contributed by atoms with E-state index in [-0.39, 0.29) is 11.5 Å². The molecule has 2 aromatic carbocycles. The van der Waals surface area contributed by atoms with Crippen LogP contribution in [0.3, 0.4) is 0 Å². The molecule has 3 heteroatoms. The van der Waals surface area contributed by atoms with Gasteiger partial charge in [-0.15, -0.1) is 0 Å². The highest BCUT2D eigenvalue weighted by Gasteiger charge is 2.25. The molecule has 21 heavy (non-hydrogen) atoms. The van der Waals surface area contributed by atoms with Crippen molar-refractivity contribution in [1.29, 1.82) is 0 Å². The standard InChI is InChI=1S/C18H19NO2/c20-17-8-6-15(7-9-17)18(21)13-19-11-10-16(12-19)14-4-2-1-3-5-14/h1-9,16,20H,10-13H2. The van der Waals surface area contributed by atoms with Crippen molar-refractivity contribution in [1.82, 2.24) is 4.90 Å². The average Bonchev–Trinajstić information content (AvgIpc) is 2.97. The summed E-state index contributed by atoms with van der Waals surface area (Å²) in [7, 11) is 0. The predicted molar refractivity (Wildman–Crippen MR) is 82.7 cm³/mol. The molecule has 0 saturated carbocycles. The number of phenolic OH excluding ortho intramolecular Hbond substituents is 1. The number of aromatic hydroxyl groups is 1. The van der Waals surface area contributed by atoms with Crippen molar-refractivity contribution in [2.45, 2.75) is 12.3 Å². The molecule has 0 radical (unpaired) electrons. The number of likely N-dealkylation sites (tertiary alicyclic amines) is 1. The van der Waals surface area contributed by atoms with Crippen LogP contribution in [0.1, 0.15) is 28.3 Å². The monoisotopic (exact) mass is 281 g/mol.